The van der Waals surface area contributed by atoms with E-state index < -0.39 is 0 Å². The van der Waals surface area contributed by atoms with Gasteiger partial charge in [-0.3, -0.25) is 0 Å². The molecule has 0 aliphatic rings. The Morgan fingerprint density at radius 2 is 2.06 bits per heavy atom. The molecule has 5 nitrogen and oxygen atoms in total. The zero-order valence-corrected chi connectivity index (χ0v) is 12.3. The third kappa shape index (κ3) is 2.75. The van der Waals surface area contributed by atoms with E-state index in [1.165, 1.54) is 0 Å². The molecule has 2 aromatic heterocycles. The standard InChI is InChI=1S/C12H13IN4O/c1-7-4-3-5-8(15-7)12-16-9(6-18-2)10(13)11(14)17-12/h3-5H,6H2,1-2H3,(H2,14,16,17). The third-order valence-corrected chi connectivity index (χ3v) is 3.52. The molecule has 0 aliphatic heterocycles. The largest absolute Gasteiger partial charge is 0.383 e. The second-order valence-electron chi connectivity index (χ2n) is 3.79. The van der Waals surface area contributed by atoms with Gasteiger partial charge in [0.2, 0.25) is 0 Å². The summed E-state index contributed by atoms with van der Waals surface area (Å²) >= 11 is 2.12. The first-order valence-corrected chi connectivity index (χ1v) is 6.44. The maximum Gasteiger partial charge on any atom is 0.180 e. The fourth-order valence-electron chi connectivity index (χ4n) is 1.53. The summed E-state index contributed by atoms with van der Waals surface area (Å²) in [6.07, 6.45) is 0. The van der Waals surface area contributed by atoms with Gasteiger partial charge in [-0.1, -0.05) is 6.07 Å². The van der Waals surface area contributed by atoms with Crippen molar-refractivity contribution < 1.29 is 4.74 Å². The van der Waals surface area contributed by atoms with Gasteiger partial charge in [-0.15, -0.1) is 0 Å². The molecule has 2 rings (SSSR count). The molecular weight excluding hydrogens is 343 g/mol. The number of aryl methyl sites for hydroxylation is 1. The first-order chi connectivity index (χ1) is 8.61. The van der Waals surface area contributed by atoms with Crippen LogP contribution in [0.5, 0.6) is 0 Å². The van der Waals surface area contributed by atoms with Crippen molar-refractivity contribution in [3.8, 4) is 11.5 Å². The van der Waals surface area contributed by atoms with Gasteiger partial charge in [0.05, 0.1) is 15.9 Å². The summed E-state index contributed by atoms with van der Waals surface area (Å²) in [6.45, 7) is 2.33. The van der Waals surface area contributed by atoms with Crippen LogP contribution in [-0.4, -0.2) is 22.1 Å². The number of ether oxygens (including phenoxy) is 1. The molecule has 0 aliphatic carbocycles. The molecule has 94 valence electrons. The van der Waals surface area contributed by atoms with Gasteiger partial charge in [-0.2, -0.15) is 0 Å². The van der Waals surface area contributed by atoms with E-state index in [0.29, 0.717) is 18.2 Å². The van der Waals surface area contributed by atoms with Crippen molar-refractivity contribution >= 4 is 28.4 Å². The molecule has 0 saturated heterocycles. The molecular formula is C12H13IN4O. The van der Waals surface area contributed by atoms with E-state index in [-0.39, 0.29) is 0 Å². The lowest BCUT2D eigenvalue weighted by molar-refractivity contribution is 0.181. The van der Waals surface area contributed by atoms with Gasteiger partial charge in [0.1, 0.15) is 11.5 Å². The summed E-state index contributed by atoms with van der Waals surface area (Å²) in [5.74, 6) is 0.986. The van der Waals surface area contributed by atoms with Crippen LogP contribution in [0.2, 0.25) is 0 Å². The molecule has 0 saturated carbocycles. The number of nitrogens with two attached hydrogens (primary N) is 1. The number of nitrogen functional groups attached to an aromatic ring is 1. The van der Waals surface area contributed by atoms with Crippen molar-refractivity contribution in [1.82, 2.24) is 15.0 Å². The highest BCUT2D eigenvalue weighted by atomic mass is 127. The topological polar surface area (TPSA) is 73.9 Å². The SMILES string of the molecule is COCc1nc(-c2cccc(C)n2)nc(N)c1I. The Labute approximate surface area is 119 Å². The normalized spacial score (nSPS) is 10.6. The van der Waals surface area contributed by atoms with Crippen molar-refractivity contribution in [3.05, 3.63) is 33.2 Å². The molecule has 0 bridgehead atoms. The molecule has 2 N–H and O–H groups in total. The Kier molecular flexibility index (Phi) is 4.07. The third-order valence-electron chi connectivity index (χ3n) is 2.34. The summed E-state index contributed by atoms with van der Waals surface area (Å²) < 4.78 is 5.93. The summed E-state index contributed by atoms with van der Waals surface area (Å²) in [6, 6.07) is 5.71. The van der Waals surface area contributed by atoms with Crippen molar-refractivity contribution in [2.24, 2.45) is 0 Å². The Hall–Kier alpha value is -1.28. The molecule has 2 heterocycles. The van der Waals surface area contributed by atoms with E-state index in [4.69, 9.17) is 10.5 Å². The lowest BCUT2D eigenvalue weighted by Gasteiger charge is -2.08. The monoisotopic (exact) mass is 356 g/mol. The maximum atomic E-state index is 5.89. The van der Waals surface area contributed by atoms with Crippen LogP contribution >= 0.6 is 22.6 Å². The van der Waals surface area contributed by atoms with Crippen molar-refractivity contribution in [2.45, 2.75) is 13.5 Å². The molecule has 2 aromatic rings. The van der Waals surface area contributed by atoms with Crippen LogP contribution < -0.4 is 5.73 Å². The fraction of sp³-hybridized carbons (Fsp3) is 0.250. The number of pyridine rings is 1. The first kappa shape index (κ1) is 13.2. The van der Waals surface area contributed by atoms with E-state index in [0.717, 1.165) is 20.7 Å². The van der Waals surface area contributed by atoms with Gasteiger partial charge in [-0.25, -0.2) is 15.0 Å². The van der Waals surface area contributed by atoms with Gasteiger partial charge in [0, 0.05) is 12.8 Å². The van der Waals surface area contributed by atoms with Gasteiger partial charge in [0.25, 0.3) is 0 Å². The minimum Gasteiger partial charge on any atom is -0.383 e. The van der Waals surface area contributed by atoms with Crippen LogP contribution in [0.3, 0.4) is 0 Å². The summed E-state index contributed by atoms with van der Waals surface area (Å²) in [5, 5.41) is 0. The number of methoxy groups -OCH3 is 1. The predicted octanol–water partition coefficient (Wildman–Crippen LogP) is 2.18. The Balaban J connectivity index is 2.51. The minimum atomic E-state index is 0.407. The van der Waals surface area contributed by atoms with Crippen LogP contribution in [-0.2, 0) is 11.3 Å². The molecule has 0 aromatic carbocycles. The van der Waals surface area contributed by atoms with Crippen LogP contribution in [0.4, 0.5) is 5.82 Å². The molecule has 0 spiro atoms. The summed E-state index contributed by atoms with van der Waals surface area (Å²) in [5.41, 5.74) is 8.30. The molecule has 0 atom stereocenters. The van der Waals surface area contributed by atoms with Crippen molar-refractivity contribution in [1.29, 1.82) is 0 Å². The van der Waals surface area contributed by atoms with Crippen molar-refractivity contribution in [2.75, 3.05) is 12.8 Å². The number of rotatable bonds is 3. The Bertz CT molecular complexity index is 574. The molecule has 0 amide bonds. The number of nitrogens with zero attached hydrogens (tertiary/aromatic N) is 3. The van der Waals surface area contributed by atoms with Crippen LogP contribution in [0.1, 0.15) is 11.4 Å². The second kappa shape index (κ2) is 5.57. The van der Waals surface area contributed by atoms with E-state index in [1.807, 2.05) is 25.1 Å². The predicted molar refractivity (Wildman–Crippen MR) is 77.8 cm³/mol. The highest BCUT2D eigenvalue weighted by molar-refractivity contribution is 14.1. The smallest absolute Gasteiger partial charge is 0.180 e. The van der Waals surface area contributed by atoms with E-state index in [2.05, 4.69) is 37.5 Å². The number of hydrogen-bond donors (Lipinski definition) is 1. The zero-order chi connectivity index (χ0) is 13.1. The van der Waals surface area contributed by atoms with Gasteiger partial charge < -0.3 is 10.5 Å². The van der Waals surface area contributed by atoms with E-state index in [1.54, 1.807) is 7.11 Å². The second-order valence-corrected chi connectivity index (χ2v) is 4.87. The molecule has 6 heteroatoms. The highest BCUT2D eigenvalue weighted by Gasteiger charge is 2.12. The van der Waals surface area contributed by atoms with Gasteiger partial charge in [0.15, 0.2) is 5.82 Å². The Morgan fingerprint density at radius 1 is 1.28 bits per heavy atom. The highest BCUT2D eigenvalue weighted by Crippen LogP contribution is 2.21. The number of aromatic nitrogens is 3. The lowest BCUT2D eigenvalue weighted by Crippen LogP contribution is -2.06. The minimum absolute atomic E-state index is 0.407. The van der Waals surface area contributed by atoms with Gasteiger partial charge >= 0.3 is 0 Å². The summed E-state index contributed by atoms with van der Waals surface area (Å²) in [4.78, 5) is 13.1. The fourth-order valence-corrected chi connectivity index (χ4v) is 1.92. The summed E-state index contributed by atoms with van der Waals surface area (Å²) in [7, 11) is 1.62. The number of halogens is 1. The maximum absolute atomic E-state index is 5.89. The van der Waals surface area contributed by atoms with E-state index >= 15 is 0 Å². The molecule has 0 unspecified atom stereocenters. The lowest BCUT2D eigenvalue weighted by atomic mass is 10.3. The first-order valence-electron chi connectivity index (χ1n) is 5.36. The molecule has 0 fully saturated rings. The average Bonchev–Trinajstić information content (AvgIpc) is 2.35. The van der Waals surface area contributed by atoms with Gasteiger partial charge in [-0.05, 0) is 41.6 Å². The Morgan fingerprint density at radius 3 is 2.72 bits per heavy atom. The number of anilines is 1. The number of hydrogen-bond acceptors (Lipinski definition) is 5. The average molecular weight is 356 g/mol. The molecule has 0 radical (unpaired) electrons. The van der Waals surface area contributed by atoms with Crippen molar-refractivity contribution in [3.63, 3.8) is 0 Å². The van der Waals surface area contributed by atoms with Crippen LogP contribution in [0, 0.1) is 10.5 Å². The van der Waals surface area contributed by atoms with Crippen LogP contribution in [0.25, 0.3) is 11.5 Å². The van der Waals surface area contributed by atoms with Crippen LogP contribution in [0.15, 0.2) is 18.2 Å². The van der Waals surface area contributed by atoms with E-state index in [9.17, 15) is 0 Å². The quantitative estimate of drug-likeness (QED) is 0.854. The molecule has 18 heavy (non-hydrogen) atoms. The zero-order valence-electron chi connectivity index (χ0n) is 10.1.